The summed E-state index contributed by atoms with van der Waals surface area (Å²) in [6, 6.07) is 0.513. The zero-order valence-corrected chi connectivity index (χ0v) is 14.3. The van der Waals surface area contributed by atoms with Crippen molar-refractivity contribution in [2.45, 2.75) is 45.6 Å². The Balaban J connectivity index is 1.83. The van der Waals surface area contributed by atoms with Crippen LogP contribution in [0.2, 0.25) is 0 Å². The Labute approximate surface area is 131 Å². The van der Waals surface area contributed by atoms with Gasteiger partial charge in [-0.1, -0.05) is 25.2 Å². The van der Waals surface area contributed by atoms with Crippen molar-refractivity contribution in [1.29, 1.82) is 0 Å². The molecule has 0 bridgehead atoms. The molecule has 0 saturated carbocycles. The molecular weight excluding hydrogens is 282 g/mol. The molecule has 1 aromatic rings. The summed E-state index contributed by atoms with van der Waals surface area (Å²) in [4.78, 5) is 22.7. The third kappa shape index (κ3) is 2.99. The smallest absolute Gasteiger partial charge is 0.186 e. The molecule has 2 heterocycles. The normalized spacial score (nSPS) is 25.7. The minimum absolute atomic E-state index is 0.0546. The van der Waals surface area contributed by atoms with Gasteiger partial charge in [-0.3, -0.25) is 4.79 Å². The predicted octanol–water partition coefficient (Wildman–Crippen LogP) is 2.83. The third-order valence-electron chi connectivity index (χ3n) is 4.67. The number of Topliss-reactive ketones (excluding diaryl/α,β-unsaturated/α-hetero) is 1. The van der Waals surface area contributed by atoms with Gasteiger partial charge in [0.05, 0.1) is 10.6 Å². The molecule has 2 aliphatic rings. The molecule has 1 aliphatic carbocycles. The quantitative estimate of drug-likeness (QED) is 0.842. The number of hydrogen-bond acceptors (Lipinski definition) is 5. The van der Waals surface area contributed by atoms with Gasteiger partial charge in [0.1, 0.15) is 0 Å². The lowest BCUT2D eigenvalue weighted by atomic mass is 9.78. The molecule has 0 N–H and O–H groups in total. The van der Waals surface area contributed by atoms with Crippen LogP contribution in [0.1, 0.15) is 48.5 Å². The van der Waals surface area contributed by atoms with Crippen LogP contribution in [0.15, 0.2) is 0 Å². The first kappa shape index (κ1) is 15.0. The molecule has 1 saturated heterocycles. The first-order valence-corrected chi connectivity index (χ1v) is 8.62. The van der Waals surface area contributed by atoms with E-state index in [9.17, 15) is 4.79 Å². The lowest BCUT2D eigenvalue weighted by Crippen LogP contribution is -2.45. The topological polar surface area (TPSA) is 36.4 Å². The van der Waals surface area contributed by atoms with Crippen LogP contribution in [0.3, 0.4) is 0 Å². The summed E-state index contributed by atoms with van der Waals surface area (Å²) < 4.78 is 0. The number of fused-ring (bicyclic) bond motifs is 1. The summed E-state index contributed by atoms with van der Waals surface area (Å²) >= 11 is 1.59. The Hall–Kier alpha value is -0.940. The highest BCUT2D eigenvalue weighted by atomic mass is 32.1. The van der Waals surface area contributed by atoms with E-state index in [0.717, 1.165) is 28.7 Å². The van der Waals surface area contributed by atoms with Gasteiger partial charge in [0.15, 0.2) is 10.9 Å². The number of hydrogen-bond donors (Lipinski definition) is 0. The SMILES string of the molecule is CN1CCCC(N(C)c2nc3c(s2)C(=O)CC(C)(C)C3)C1. The van der Waals surface area contributed by atoms with E-state index in [1.54, 1.807) is 11.3 Å². The van der Waals surface area contributed by atoms with Crippen LogP contribution in [-0.2, 0) is 6.42 Å². The van der Waals surface area contributed by atoms with E-state index in [4.69, 9.17) is 4.98 Å². The van der Waals surface area contributed by atoms with Crippen LogP contribution in [0.5, 0.6) is 0 Å². The Morgan fingerprint density at radius 1 is 1.38 bits per heavy atom. The molecule has 21 heavy (non-hydrogen) atoms. The number of likely N-dealkylation sites (N-methyl/N-ethyl adjacent to an activating group) is 2. The van der Waals surface area contributed by atoms with E-state index < -0.39 is 0 Å². The molecule has 4 nitrogen and oxygen atoms in total. The molecule has 5 heteroatoms. The van der Waals surface area contributed by atoms with Crippen molar-refractivity contribution in [1.82, 2.24) is 9.88 Å². The Bertz CT molecular complexity index is 552. The second-order valence-electron chi connectivity index (χ2n) is 7.38. The molecule has 116 valence electrons. The summed E-state index contributed by atoms with van der Waals surface area (Å²) in [6.07, 6.45) is 4.02. The summed E-state index contributed by atoms with van der Waals surface area (Å²) in [5.74, 6) is 0.277. The van der Waals surface area contributed by atoms with Crippen LogP contribution >= 0.6 is 11.3 Å². The second kappa shape index (κ2) is 5.36. The number of carbonyl (C=O) groups excluding carboxylic acids is 1. The van der Waals surface area contributed by atoms with Gasteiger partial charge in [0.25, 0.3) is 0 Å². The lowest BCUT2D eigenvalue weighted by Gasteiger charge is -2.35. The largest absolute Gasteiger partial charge is 0.347 e. The summed E-state index contributed by atoms with van der Waals surface area (Å²) in [5.41, 5.74) is 1.08. The van der Waals surface area contributed by atoms with Crippen LogP contribution in [0, 0.1) is 5.41 Å². The molecule has 0 radical (unpaired) electrons. The molecule has 0 amide bonds. The number of likely N-dealkylation sites (tertiary alicyclic amines) is 1. The number of ketones is 1. The van der Waals surface area contributed by atoms with E-state index in [-0.39, 0.29) is 11.2 Å². The average Bonchev–Trinajstić information content (AvgIpc) is 2.80. The maximum absolute atomic E-state index is 12.3. The fraction of sp³-hybridized carbons (Fsp3) is 0.750. The Morgan fingerprint density at radius 3 is 2.86 bits per heavy atom. The predicted molar refractivity (Wildman–Crippen MR) is 87.5 cm³/mol. The zero-order valence-electron chi connectivity index (χ0n) is 13.5. The number of piperidine rings is 1. The van der Waals surface area contributed by atoms with Gasteiger partial charge < -0.3 is 9.80 Å². The van der Waals surface area contributed by atoms with E-state index in [1.165, 1.54) is 19.4 Å². The van der Waals surface area contributed by atoms with E-state index >= 15 is 0 Å². The number of carbonyl (C=O) groups is 1. The van der Waals surface area contributed by atoms with Gasteiger partial charge >= 0.3 is 0 Å². The maximum atomic E-state index is 12.3. The molecular formula is C16H25N3OS. The van der Waals surface area contributed by atoms with Crippen LogP contribution in [-0.4, -0.2) is 48.9 Å². The summed E-state index contributed by atoms with van der Waals surface area (Å²) in [7, 11) is 4.31. The average molecular weight is 307 g/mol. The van der Waals surface area contributed by atoms with Gasteiger partial charge in [0, 0.05) is 26.1 Å². The van der Waals surface area contributed by atoms with Gasteiger partial charge in [-0.2, -0.15) is 0 Å². The number of anilines is 1. The fourth-order valence-electron chi connectivity index (χ4n) is 3.47. The minimum atomic E-state index is 0.0546. The molecule has 1 aromatic heterocycles. The number of thiazole rings is 1. The molecule has 1 unspecified atom stereocenters. The van der Waals surface area contributed by atoms with Gasteiger partial charge in [-0.25, -0.2) is 4.98 Å². The fourth-order valence-corrected chi connectivity index (χ4v) is 4.52. The zero-order chi connectivity index (χ0) is 15.2. The van der Waals surface area contributed by atoms with Crippen molar-refractivity contribution in [2.75, 3.05) is 32.1 Å². The number of aromatic nitrogens is 1. The summed E-state index contributed by atoms with van der Waals surface area (Å²) in [6.45, 7) is 6.59. The minimum Gasteiger partial charge on any atom is -0.347 e. The number of nitrogens with zero attached hydrogens (tertiary/aromatic N) is 3. The van der Waals surface area contributed by atoms with Crippen molar-refractivity contribution in [3.63, 3.8) is 0 Å². The highest BCUT2D eigenvalue weighted by molar-refractivity contribution is 7.17. The molecule has 1 fully saturated rings. The van der Waals surface area contributed by atoms with Gasteiger partial charge in [-0.05, 0) is 38.3 Å². The maximum Gasteiger partial charge on any atom is 0.186 e. The summed E-state index contributed by atoms with van der Waals surface area (Å²) in [5, 5.41) is 1.02. The van der Waals surface area contributed by atoms with E-state index in [2.05, 4.69) is 37.7 Å². The van der Waals surface area contributed by atoms with Gasteiger partial charge in [0.2, 0.25) is 0 Å². The monoisotopic (exact) mass is 307 g/mol. The first-order valence-electron chi connectivity index (χ1n) is 7.80. The molecule has 0 aromatic carbocycles. The van der Waals surface area contributed by atoms with Crippen LogP contribution in [0.25, 0.3) is 0 Å². The highest BCUT2D eigenvalue weighted by Crippen LogP contribution is 2.39. The number of rotatable bonds is 2. The van der Waals surface area contributed by atoms with Crippen molar-refractivity contribution in [2.24, 2.45) is 5.41 Å². The molecule has 0 spiro atoms. The van der Waals surface area contributed by atoms with E-state index in [0.29, 0.717) is 12.5 Å². The Morgan fingerprint density at radius 2 is 2.14 bits per heavy atom. The molecule has 3 rings (SSSR count). The second-order valence-corrected chi connectivity index (χ2v) is 8.36. The molecule has 1 atom stereocenters. The van der Waals surface area contributed by atoms with Crippen molar-refractivity contribution < 1.29 is 4.79 Å². The van der Waals surface area contributed by atoms with Crippen molar-refractivity contribution in [3.05, 3.63) is 10.6 Å². The van der Waals surface area contributed by atoms with Crippen LogP contribution in [0.4, 0.5) is 5.13 Å². The molecule has 1 aliphatic heterocycles. The van der Waals surface area contributed by atoms with Crippen LogP contribution < -0.4 is 4.90 Å². The standard InChI is InChI=1S/C16H25N3OS/c1-16(2)8-12-14(13(20)9-16)21-15(17-12)19(4)11-6-5-7-18(3)10-11/h11H,5-10H2,1-4H3. The lowest BCUT2D eigenvalue weighted by molar-refractivity contribution is 0.0916. The van der Waals surface area contributed by atoms with Gasteiger partial charge in [-0.15, -0.1) is 0 Å². The highest BCUT2D eigenvalue weighted by Gasteiger charge is 2.35. The Kier molecular flexibility index (Phi) is 3.82. The first-order chi connectivity index (χ1) is 9.85. The van der Waals surface area contributed by atoms with Crippen molar-refractivity contribution in [3.8, 4) is 0 Å². The third-order valence-corrected chi connectivity index (χ3v) is 5.90. The van der Waals surface area contributed by atoms with E-state index in [1.807, 2.05) is 0 Å². The van der Waals surface area contributed by atoms with Crippen molar-refractivity contribution >= 4 is 22.3 Å².